The molecule has 3 aromatic rings. The molecule has 1 aliphatic rings. The van der Waals surface area contributed by atoms with Crippen molar-refractivity contribution >= 4 is 16.6 Å². The number of aromatic amines is 1. The number of aromatic nitrogens is 1. The van der Waals surface area contributed by atoms with Gasteiger partial charge >= 0.3 is 0 Å². The molecule has 0 unspecified atom stereocenters. The summed E-state index contributed by atoms with van der Waals surface area (Å²) in [5, 5.41) is 11.3. The number of benzene rings is 2. The fourth-order valence-electron chi connectivity index (χ4n) is 3.58. The predicted octanol–water partition coefficient (Wildman–Crippen LogP) is 1.14. The van der Waals surface area contributed by atoms with Crippen molar-refractivity contribution in [2.45, 2.75) is 6.54 Å². The van der Waals surface area contributed by atoms with Gasteiger partial charge in [-0.25, -0.2) is 0 Å². The van der Waals surface area contributed by atoms with E-state index >= 15 is 0 Å². The van der Waals surface area contributed by atoms with Crippen molar-refractivity contribution in [1.29, 1.82) is 0 Å². The van der Waals surface area contributed by atoms with Gasteiger partial charge in [0.15, 0.2) is 0 Å². The minimum atomic E-state index is -0.186. The molecule has 128 valence electrons. The van der Waals surface area contributed by atoms with Gasteiger partial charge in [-0.2, -0.15) is 0 Å². The van der Waals surface area contributed by atoms with Gasteiger partial charge in [0.1, 0.15) is 17.9 Å². The van der Waals surface area contributed by atoms with Gasteiger partial charge < -0.3 is 19.9 Å². The first-order valence-corrected chi connectivity index (χ1v) is 8.69. The van der Waals surface area contributed by atoms with Crippen LogP contribution in [0.15, 0.2) is 59.4 Å². The molecule has 25 heavy (non-hydrogen) atoms. The molecule has 0 atom stereocenters. The number of nitrogens with one attached hydrogen (secondary N) is 2. The summed E-state index contributed by atoms with van der Waals surface area (Å²) >= 11 is 0. The molecule has 0 saturated carbocycles. The lowest BCUT2D eigenvalue weighted by Crippen LogP contribution is -3.13. The van der Waals surface area contributed by atoms with Crippen LogP contribution >= 0.6 is 0 Å². The van der Waals surface area contributed by atoms with Gasteiger partial charge in [0, 0.05) is 11.1 Å². The van der Waals surface area contributed by atoms with Crippen LogP contribution in [0.3, 0.4) is 0 Å². The molecule has 0 radical (unpaired) electrons. The van der Waals surface area contributed by atoms with Crippen LogP contribution in [-0.2, 0) is 6.54 Å². The van der Waals surface area contributed by atoms with Gasteiger partial charge in [-0.15, -0.1) is 0 Å². The number of quaternary nitrogens is 1. The van der Waals surface area contributed by atoms with Crippen molar-refractivity contribution in [2.24, 2.45) is 0 Å². The number of fused-ring (bicyclic) bond motifs is 1. The average Bonchev–Trinajstić information content (AvgIpc) is 2.66. The Balaban J connectivity index is 1.51. The first-order chi connectivity index (χ1) is 12.2. The SMILES string of the molecule is O=c1[nH]c2ccccc2c(O)c1C[NH+]1CCN(c2ccccc2)CC1. The maximum atomic E-state index is 12.4. The van der Waals surface area contributed by atoms with Gasteiger partial charge in [0.2, 0.25) is 0 Å². The Labute approximate surface area is 146 Å². The van der Waals surface area contributed by atoms with Gasteiger partial charge in [-0.3, -0.25) is 4.79 Å². The Kier molecular flexibility index (Phi) is 4.15. The molecule has 5 nitrogen and oxygen atoms in total. The van der Waals surface area contributed by atoms with Crippen molar-refractivity contribution in [1.82, 2.24) is 4.98 Å². The van der Waals surface area contributed by atoms with Gasteiger partial charge in [-0.05, 0) is 24.3 Å². The predicted molar refractivity (Wildman–Crippen MR) is 99.3 cm³/mol. The van der Waals surface area contributed by atoms with E-state index in [2.05, 4.69) is 34.1 Å². The van der Waals surface area contributed by atoms with Crippen molar-refractivity contribution < 1.29 is 10.0 Å². The van der Waals surface area contributed by atoms with E-state index in [4.69, 9.17) is 0 Å². The van der Waals surface area contributed by atoms with Crippen LogP contribution in [0.25, 0.3) is 10.9 Å². The highest BCUT2D eigenvalue weighted by Gasteiger charge is 2.23. The molecular weight excluding hydrogens is 314 g/mol. The summed E-state index contributed by atoms with van der Waals surface area (Å²) in [7, 11) is 0. The number of piperazine rings is 1. The largest absolute Gasteiger partial charge is 0.507 e. The Hall–Kier alpha value is -2.79. The Morgan fingerprint density at radius 3 is 2.44 bits per heavy atom. The quantitative estimate of drug-likeness (QED) is 0.672. The summed E-state index contributed by atoms with van der Waals surface area (Å²) in [6, 6.07) is 17.8. The first kappa shape index (κ1) is 15.7. The number of pyridine rings is 1. The molecular formula is C20H22N3O2+. The van der Waals surface area contributed by atoms with Crippen LogP contribution in [0.5, 0.6) is 5.75 Å². The average molecular weight is 336 g/mol. The lowest BCUT2D eigenvalue weighted by Gasteiger charge is -2.33. The number of para-hydroxylation sites is 2. The summed E-state index contributed by atoms with van der Waals surface area (Å²) in [5.74, 6) is 0.123. The second-order valence-corrected chi connectivity index (χ2v) is 6.58. The van der Waals surface area contributed by atoms with Gasteiger partial charge in [0.05, 0.1) is 31.7 Å². The Morgan fingerprint density at radius 1 is 1.00 bits per heavy atom. The molecule has 2 aromatic carbocycles. The second kappa shape index (κ2) is 6.61. The summed E-state index contributed by atoms with van der Waals surface area (Å²) in [6.07, 6.45) is 0. The third-order valence-corrected chi connectivity index (χ3v) is 5.01. The van der Waals surface area contributed by atoms with Crippen molar-refractivity contribution in [3.63, 3.8) is 0 Å². The molecule has 1 aliphatic heterocycles. The maximum Gasteiger partial charge on any atom is 0.261 e. The van der Waals surface area contributed by atoms with E-state index in [-0.39, 0.29) is 11.3 Å². The van der Waals surface area contributed by atoms with E-state index < -0.39 is 0 Å². The van der Waals surface area contributed by atoms with Crippen LogP contribution in [0.1, 0.15) is 5.56 Å². The van der Waals surface area contributed by atoms with Crippen molar-refractivity contribution in [3.8, 4) is 5.75 Å². The van der Waals surface area contributed by atoms with Crippen molar-refractivity contribution in [2.75, 3.05) is 31.1 Å². The standard InChI is InChI=1S/C20H21N3O2/c24-19-16-8-4-5-9-18(16)21-20(25)17(19)14-22-10-12-23(13-11-22)15-6-2-1-3-7-15/h1-9H,10-14H2,(H2,21,24,25)/p+1. The van der Waals surface area contributed by atoms with Crippen LogP contribution in [0, 0.1) is 0 Å². The molecule has 2 heterocycles. The number of hydrogen-bond acceptors (Lipinski definition) is 3. The van der Waals surface area contributed by atoms with E-state index in [9.17, 15) is 9.90 Å². The molecule has 0 bridgehead atoms. The lowest BCUT2D eigenvalue weighted by atomic mass is 10.1. The molecule has 1 saturated heterocycles. The topological polar surface area (TPSA) is 60.8 Å². The minimum absolute atomic E-state index is 0.123. The molecule has 1 aromatic heterocycles. The zero-order valence-electron chi connectivity index (χ0n) is 14.0. The number of aromatic hydroxyl groups is 1. The van der Waals surface area contributed by atoms with Crippen LogP contribution in [-0.4, -0.2) is 36.3 Å². The molecule has 3 N–H and O–H groups in total. The highest BCUT2D eigenvalue weighted by atomic mass is 16.3. The maximum absolute atomic E-state index is 12.4. The highest BCUT2D eigenvalue weighted by Crippen LogP contribution is 2.23. The molecule has 1 fully saturated rings. The number of nitrogens with zero attached hydrogens (tertiary/aromatic N) is 1. The number of rotatable bonds is 3. The van der Waals surface area contributed by atoms with Crippen molar-refractivity contribution in [3.05, 3.63) is 70.5 Å². The minimum Gasteiger partial charge on any atom is -0.507 e. The second-order valence-electron chi connectivity index (χ2n) is 6.58. The number of anilines is 1. The molecule has 0 amide bonds. The zero-order chi connectivity index (χ0) is 17.2. The van der Waals surface area contributed by atoms with Gasteiger partial charge in [0.25, 0.3) is 5.56 Å². The van der Waals surface area contributed by atoms with E-state index in [0.29, 0.717) is 23.0 Å². The highest BCUT2D eigenvalue weighted by molar-refractivity contribution is 5.85. The van der Waals surface area contributed by atoms with Crippen LogP contribution in [0.2, 0.25) is 0 Å². The molecule has 0 spiro atoms. The smallest absolute Gasteiger partial charge is 0.261 e. The fourth-order valence-corrected chi connectivity index (χ4v) is 3.58. The number of H-pyrrole nitrogens is 1. The van der Waals surface area contributed by atoms with Crippen LogP contribution < -0.4 is 15.4 Å². The molecule has 4 rings (SSSR count). The first-order valence-electron chi connectivity index (χ1n) is 8.69. The Morgan fingerprint density at radius 2 is 1.68 bits per heavy atom. The van der Waals surface area contributed by atoms with E-state index in [1.165, 1.54) is 10.6 Å². The zero-order valence-corrected chi connectivity index (χ0v) is 14.0. The third kappa shape index (κ3) is 3.10. The Bertz CT molecular complexity index is 929. The number of hydrogen-bond donors (Lipinski definition) is 3. The fraction of sp³-hybridized carbons (Fsp3) is 0.250. The van der Waals surface area contributed by atoms with Crippen LogP contribution in [0.4, 0.5) is 5.69 Å². The summed E-state index contributed by atoms with van der Waals surface area (Å²) in [4.78, 5) is 18.9. The lowest BCUT2D eigenvalue weighted by molar-refractivity contribution is -0.914. The van der Waals surface area contributed by atoms with E-state index in [0.717, 1.165) is 26.2 Å². The summed E-state index contributed by atoms with van der Waals surface area (Å²) in [5.41, 5.74) is 2.22. The summed E-state index contributed by atoms with van der Waals surface area (Å²) in [6.45, 7) is 4.34. The molecule has 5 heteroatoms. The summed E-state index contributed by atoms with van der Waals surface area (Å²) < 4.78 is 0. The monoisotopic (exact) mass is 336 g/mol. The van der Waals surface area contributed by atoms with E-state index in [1.54, 1.807) is 0 Å². The van der Waals surface area contributed by atoms with E-state index in [1.807, 2.05) is 30.3 Å². The normalized spacial score (nSPS) is 15.6. The third-order valence-electron chi connectivity index (χ3n) is 5.01. The molecule has 0 aliphatic carbocycles. The van der Waals surface area contributed by atoms with Gasteiger partial charge in [-0.1, -0.05) is 30.3 Å².